The maximum Gasteiger partial charge on any atom is 0.245 e. The Morgan fingerprint density at radius 2 is 2.13 bits per heavy atom. The number of aliphatic hydroxyl groups excluding tert-OH is 1. The lowest BCUT2D eigenvalue weighted by atomic mass is 10.1. The van der Waals surface area contributed by atoms with Crippen molar-refractivity contribution in [2.75, 3.05) is 6.61 Å². The largest absolute Gasteiger partial charge is 0.394 e. The molecule has 23 heavy (non-hydrogen) atoms. The first-order valence-corrected chi connectivity index (χ1v) is 7.60. The van der Waals surface area contributed by atoms with E-state index >= 15 is 0 Å². The van der Waals surface area contributed by atoms with E-state index in [-0.39, 0.29) is 17.5 Å². The predicted molar refractivity (Wildman–Crippen MR) is 85.8 cm³/mol. The second-order valence-electron chi connectivity index (χ2n) is 5.46. The Balaban J connectivity index is 2.16. The molecule has 0 bridgehead atoms. The summed E-state index contributed by atoms with van der Waals surface area (Å²) in [5.41, 5.74) is 2.13. The van der Waals surface area contributed by atoms with Crippen LogP contribution in [0.2, 0.25) is 5.02 Å². The molecule has 0 saturated carbocycles. The smallest absolute Gasteiger partial charge is 0.245 e. The summed E-state index contributed by atoms with van der Waals surface area (Å²) < 4.78 is 15.2. The minimum atomic E-state index is -0.714. The number of carbonyl (C=O) groups excluding carboxylic acids is 1. The predicted octanol–water partition coefficient (Wildman–Crippen LogP) is 2.70. The monoisotopic (exact) mass is 339 g/mol. The minimum absolute atomic E-state index is 0.00669. The fourth-order valence-electron chi connectivity index (χ4n) is 2.41. The third-order valence-electron chi connectivity index (χ3n) is 3.64. The van der Waals surface area contributed by atoms with Crippen molar-refractivity contribution in [3.8, 4) is 0 Å². The highest BCUT2D eigenvalue weighted by atomic mass is 35.5. The maximum absolute atomic E-state index is 13.6. The van der Waals surface area contributed by atoms with Crippen LogP contribution in [0.1, 0.15) is 36.0 Å². The third-order valence-corrected chi connectivity index (χ3v) is 3.94. The zero-order valence-electron chi connectivity index (χ0n) is 13.2. The number of aromatic nitrogens is 2. The van der Waals surface area contributed by atoms with Crippen molar-refractivity contribution in [1.82, 2.24) is 15.1 Å². The molecule has 0 saturated heterocycles. The number of nitrogens with one attached hydrogen (secondary N) is 1. The van der Waals surface area contributed by atoms with Gasteiger partial charge < -0.3 is 10.4 Å². The van der Waals surface area contributed by atoms with E-state index in [1.54, 1.807) is 17.7 Å². The first-order valence-electron chi connectivity index (χ1n) is 7.22. The van der Waals surface area contributed by atoms with Gasteiger partial charge in [-0.2, -0.15) is 5.10 Å². The van der Waals surface area contributed by atoms with Crippen LogP contribution in [0, 0.1) is 19.7 Å². The standard InChI is InChI=1S/C16H19ClFN3O2/c1-9-6-10(2)21(20-9)11(3)16(23)19-15(8-22)12-4-5-13(17)14(18)7-12/h4-7,11,15,22H,8H2,1-3H3,(H,19,23). The highest BCUT2D eigenvalue weighted by Crippen LogP contribution is 2.21. The molecule has 2 rings (SSSR count). The van der Waals surface area contributed by atoms with Gasteiger partial charge in [-0.25, -0.2) is 4.39 Å². The number of hydrogen-bond donors (Lipinski definition) is 2. The Morgan fingerprint density at radius 1 is 1.43 bits per heavy atom. The van der Waals surface area contributed by atoms with Crippen molar-refractivity contribution in [1.29, 1.82) is 0 Å². The topological polar surface area (TPSA) is 67.2 Å². The Morgan fingerprint density at radius 3 is 2.65 bits per heavy atom. The van der Waals surface area contributed by atoms with Crippen molar-refractivity contribution in [3.05, 3.63) is 52.1 Å². The van der Waals surface area contributed by atoms with Crippen molar-refractivity contribution in [2.45, 2.75) is 32.9 Å². The number of carbonyl (C=O) groups is 1. The summed E-state index contributed by atoms with van der Waals surface area (Å²) in [5.74, 6) is -0.908. The summed E-state index contributed by atoms with van der Waals surface area (Å²) in [7, 11) is 0. The van der Waals surface area contributed by atoms with E-state index in [0.29, 0.717) is 5.56 Å². The van der Waals surface area contributed by atoms with Crippen LogP contribution in [-0.2, 0) is 4.79 Å². The van der Waals surface area contributed by atoms with Gasteiger partial charge in [-0.3, -0.25) is 9.48 Å². The van der Waals surface area contributed by atoms with Crippen molar-refractivity contribution >= 4 is 17.5 Å². The Kier molecular flexibility index (Phi) is 5.38. The molecule has 0 aliphatic carbocycles. The fourth-order valence-corrected chi connectivity index (χ4v) is 2.52. The van der Waals surface area contributed by atoms with E-state index in [9.17, 15) is 14.3 Å². The van der Waals surface area contributed by atoms with Gasteiger partial charge in [-0.1, -0.05) is 17.7 Å². The molecule has 0 radical (unpaired) electrons. The fraction of sp³-hybridized carbons (Fsp3) is 0.375. The Bertz CT molecular complexity index is 717. The SMILES string of the molecule is Cc1cc(C)n(C(C)C(=O)NC(CO)c2ccc(Cl)c(F)c2)n1. The number of rotatable bonds is 5. The Labute approximate surface area is 139 Å². The molecule has 0 spiro atoms. The highest BCUT2D eigenvalue weighted by Gasteiger charge is 2.22. The van der Waals surface area contributed by atoms with Crippen LogP contribution in [0.5, 0.6) is 0 Å². The summed E-state index contributed by atoms with van der Waals surface area (Å²) in [6.45, 7) is 5.07. The van der Waals surface area contributed by atoms with Crippen molar-refractivity contribution in [3.63, 3.8) is 0 Å². The van der Waals surface area contributed by atoms with Gasteiger partial charge in [-0.05, 0) is 44.5 Å². The second-order valence-corrected chi connectivity index (χ2v) is 5.87. The number of aliphatic hydroxyl groups is 1. The molecule has 0 aliphatic rings. The van der Waals surface area contributed by atoms with Crippen LogP contribution in [0.3, 0.4) is 0 Å². The molecule has 2 aromatic rings. The van der Waals surface area contributed by atoms with E-state index in [2.05, 4.69) is 10.4 Å². The van der Waals surface area contributed by atoms with Gasteiger partial charge in [0.1, 0.15) is 11.9 Å². The molecule has 1 aromatic carbocycles. The Hall–Kier alpha value is -1.92. The lowest BCUT2D eigenvalue weighted by Gasteiger charge is -2.21. The second kappa shape index (κ2) is 7.10. The molecule has 7 heteroatoms. The summed E-state index contributed by atoms with van der Waals surface area (Å²) in [6, 6.07) is 4.79. The quantitative estimate of drug-likeness (QED) is 0.880. The van der Waals surface area contributed by atoms with E-state index in [1.165, 1.54) is 12.1 Å². The van der Waals surface area contributed by atoms with Crippen molar-refractivity contribution < 1.29 is 14.3 Å². The molecular formula is C16H19ClFN3O2. The first-order chi connectivity index (χ1) is 10.8. The first kappa shape index (κ1) is 17.4. The summed E-state index contributed by atoms with van der Waals surface area (Å²) in [4.78, 5) is 12.4. The molecular weight excluding hydrogens is 321 g/mol. The van der Waals surface area contributed by atoms with E-state index in [1.807, 2.05) is 19.9 Å². The van der Waals surface area contributed by atoms with Gasteiger partial charge in [0.15, 0.2) is 0 Å². The third kappa shape index (κ3) is 3.89. The summed E-state index contributed by atoms with van der Waals surface area (Å²) >= 11 is 5.65. The number of benzene rings is 1. The molecule has 2 N–H and O–H groups in total. The number of aryl methyl sites for hydroxylation is 2. The lowest BCUT2D eigenvalue weighted by molar-refractivity contribution is -0.125. The van der Waals surface area contributed by atoms with Crippen LogP contribution in [0.15, 0.2) is 24.3 Å². The van der Waals surface area contributed by atoms with Crippen LogP contribution in [0.4, 0.5) is 4.39 Å². The maximum atomic E-state index is 13.6. The van der Waals surface area contributed by atoms with Crippen LogP contribution >= 0.6 is 11.6 Å². The van der Waals surface area contributed by atoms with E-state index < -0.39 is 17.9 Å². The average molecular weight is 340 g/mol. The summed E-state index contributed by atoms with van der Waals surface area (Å²) in [5, 5.41) is 16.5. The number of halogens is 2. The van der Waals surface area contributed by atoms with Crippen LogP contribution in [-0.4, -0.2) is 27.4 Å². The van der Waals surface area contributed by atoms with Crippen LogP contribution < -0.4 is 5.32 Å². The number of hydrogen-bond acceptors (Lipinski definition) is 3. The lowest BCUT2D eigenvalue weighted by Crippen LogP contribution is -2.36. The molecule has 1 heterocycles. The molecule has 2 atom stereocenters. The molecule has 5 nitrogen and oxygen atoms in total. The van der Waals surface area contributed by atoms with Gasteiger partial charge in [0, 0.05) is 5.69 Å². The molecule has 1 amide bonds. The molecule has 1 aromatic heterocycles. The van der Waals surface area contributed by atoms with Gasteiger partial charge in [0.2, 0.25) is 5.91 Å². The van der Waals surface area contributed by atoms with E-state index in [0.717, 1.165) is 11.4 Å². The zero-order chi connectivity index (χ0) is 17.1. The number of nitrogens with zero attached hydrogens (tertiary/aromatic N) is 2. The zero-order valence-corrected chi connectivity index (χ0v) is 13.9. The van der Waals surface area contributed by atoms with E-state index in [4.69, 9.17) is 11.6 Å². The number of amides is 1. The molecule has 0 fully saturated rings. The van der Waals surface area contributed by atoms with Gasteiger partial charge in [-0.15, -0.1) is 0 Å². The van der Waals surface area contributed by atoms with Crippen LogP contribution in [0.25, 0.3) is 0 Å². The van der Waals surface area contributed by atoms with Gasteiger partial charge >= 0.3 is 0 Å². The van der Waals surface area contributed by atoms with Crippen molar-refractivity contribution in [2.24, 2.45) is 0 Å². The summed E-state index contributed by atoms with van der Waals surface area (Å²) in [6.07, 6.45) is 0. The van der Waals surface area contributed by atoms with Gasteiger partial charge in [0.05, 0.1) is 23.4 Å². The molecule has 124 valence electrons. The highest BCUT2D eigenvalue weighted by molar-refractivity contribution is 6.30. The molecule has 2 unspecified atom stereocenters. The van der Waals surface area contributed by atoms with Gasteiger partial charge in [0.25, 0.3) is 0 Å². The average Bonchev–Trinajstić information content (AvgIpc) is 2.85. The minimum Gasteiger partial charge on any atom is -0.394 e. The normalized spacial score (nSPS) is 13.7. The molecule has 0 aliphatic heterocycles.